The van der Waals surface area contributed by atoms with Crippen LogP contribution in [0.15, 0.2) is 36.4 Å². The number of fused-ring (bicyclic) bond motifs is 1. The van der Waals surface area contributed by atoms with Crippen LogP contribution in [0.5, 0.6) is 5.75 Å². The molecule has 0 spiro atoms. The Morgan fingerprint density at radius 3 is 2.34 bits per heavy atom. The van der Waals surface area contributed by atoms with Crippen molar-refractivity contribution in [3.63, 3.8) is 0 Å². The average Bonchev–Trinajstić information content (AvgIpc) is 3.04. The van der Waals surface area contributed by atoms with E-state index >= 15 is 0 Å². The molecule has 1 aliphatic heterocycles. The molecule has 0 bridgehead atoms. The summed E-state index contributed by atoms with van der Waals surface area (Å²) in [5.41, 5.74) is 0.725. The van der Waals surface area contributed by atoms with Gasteiger partial charge in [-0.15, -0.1) is 0 Å². The first-order valence-electron chi connectivity index (χ1n) is 8.84. The molecule has 29 heavy (non-hydrogen) atoms. The van der Waals surface area contributed by atoms with Crippen molar-refractivity contribution in [3.05, 3.63) is 42.0 Å². The van der Waals surface area contributed by atoms with Gasteiger partial charge in [-0.05, 0) is 35.4 Å². The predicted molar refractivity (Wildman–Crippen MR) is 98.5 cm³/mol. The van der Waals surface area contributed by atoms with E-state index in [1.54, 1.807) is 20.1 Å². The normalized spacial score (nSPS) is 14.6. The maximum atomic E-state index is 12.2. The number of carbonyl (C=O) groups is 4. The zero-order valence-corrected chi connectivity index (χ0v) is 15.9. The van der Waals surface area contributed by atoms with E-state index in [1.165, 1.54) is 0 Å². The van der Waals surface area contributed by atoms with Crippen molar-refractivity contribution >= 4 is 34.7 Å². The quantitative estimate of drug-likeness (QED) is 0.413. The van der Waals surface area contributed by atoms with Gasteiger partial charge in [0.2, 0.25) is 6.79 Å². The first-order chi connectivity index (χ1) is 13.9. The van der Waals surface area contributed by atoms with E-state index in [-0.39, 0.29) is 12.8 Å². The number of hydroxylamine groups is 2. The number of hydrogen-bond donors (Lipinski definition) is 0. The van der Waals surface area contributed by atoms with E-state index in [0.29, 0.717) is 5.06 Å². The number of benzene rings is 2. The highest BCUT2D eigenvalue weighted by Gasteiger charge is 2.33. The molecule has 2 aromatic carbocycles. The van der Waals surface area contributed by atoms with Crippen molar-refractivity contribution in [1.82, 2.24) is 5.06 Å². The lowest BCUT2D eigenvalue weighted by Crippen LogP contribution is -2.32. The minimum atomic E-state index is -1.31. The third-order valence-corrected chi connectivity index (χ3v) is 4.47. The zero-order chi connectivity index (χ0) is 21.0. The van der Waals surface area contributed by atoms with Crippen LogP contribution in [0.1, 0.15) is 31.2 Å². The smallest absolute Gasteiger partial charge is 0.497 e. The monoisotopic (exact) mass is 401 g/mol. The third kappa shape index (κ3) is 4.63. The Balaban J connectivity index is 1.52. The summed E-state index contributed by atoms with van der Waals surface area (Å²) < 4.78 is 14.7. The molecule has 152 valence electrons. The van der Waals surface area contributed by atoms with E-state index in [2.05, 4.69) is 9.57 Å². The molecule has 1 heterocycles. The zero-order valence-electron chi connectivity index (χ0n) is 15.9. The van der Waals surface area contributed by atoms with E-state index < -0.39 is 36.6 Å². The lowest BCUT2D eigenvalue weighted by atomic mass is 9.98. The highest BCUT2D eigenvalue weighted by molar-refractivity contribution is 6.01. The Labute approximate surface area is 166 Å². The lowest BCUT2D eigenvalue weighted by molar-refractivity contribution is -0.182. The molecule has 0 saturated carbocycles. The fraction of sp³-hybridized carbons (Fsp3) is 0.300. The summed E-state index contributed by atoms with van der Waals surface area (Å²) in [4.78, 5) is 51.0. The Bertz CT molecular complexity index is 954. The minimum Gasteiger partial charge on any atom is -0.497 e. The fourth-order valence-corrected chi connectivity index (χ4v) is 2.79. The molecule has 0 radical (unpaired) electrons. The molecule has 0 aromatic heterocycles. The van der Waals surface area contributed by atoms with Crippen molar-refractivity contribution < 1.29 is 38.2 Å². The summed E-state index contributed by atoms with van der Waals surface area (Å²) in [6.07, 6.45) is -1.37. The van der Waals surface area contributed by atoms with Gasteiger partial charge >= 0.3 is 12.1 Å². The van der Waals surface area contributed by atoms with Gasteiger partial charge in [-0.2, -0.15) is 0 Å². The van der Waals surface area contributed by atoms with Crippen LogP contribution in [-0.4, -0.2) is 42.9 Å². The molecule has 9 nitrogen and oxygen atoms in total. The number of ether oxygens (including phenoxy) is 3. The topological polar surface area (TPSA) is 108 Å². The number of esters is 1. The maximum absolute atomic E-state index is 12.2. The lowest BCUT2D eigenvalue weighted by Gasteiger charge is -2.14. The molecule has 0 aliphatic carbocycles. The molecule has 1 aliphatic rings. The number of rotatable bonds is 6. The standard InChI is InChI=1S/C20H19NO8/c1-12(13-3-4-15-10-16(26-2)6-5-14(15)9-13)19(24)27-11-28-20(25)29-21-17(22)7-8-18(21)23/h3-6,9-10,12H,7-8,11H2,1-2H3/t12-/m0/s1. The molecule has 9 heteroatoms. The molecule has 2 aromatic rings. The van der Waals surface area contributed by atoms with Crippen LogP contribution in [-0.2, 0) is 28.7 Å². The van der Waals surface area contributed by atoms with Crippen LogP contribution in [0.4, 0.5) is 4.79 Å². The van der Waals surface area contributed by atoms with Crippen molar-refractivity contribution in [2.24, 2.45) is 0 Å². The van der Waals surface area contributed by atoms with Crippen LogP contribution in [0.3, 0.4) is 0 Å². The van der Waals surface area contributed by atoms with E-state index in [0.717, 1.165) is 22.1 Å². The number of nitrogens with zero attached hydrogens (tertiary/aromatic N) is 1. The molecule has 0 N–H and O–H groups in total. The van der Waals surface area contributed by atoms with Crippen molar-refractivity contribution in [1.29, 1.82) is 0 Å². The van der Waals surface area contributed by atoms with Gasteiger partial charge in [0.05, 0.1) is 13.0 Å². The molecule has 0 unspecified atom stereocenters. The Kier molecular flexibility index (Phi) is 5.96. The second-order valence-corrected chi connectivity index (χ2v) is 6.34. The largest absolute Gasteiger partial charge is 0.536 e. The van der Waals surface area contributed by atoms with Crippen LogP contribution in [0, 0.1) is 0 Å². The van der Waals surface area contributed by atoms with E-state index in [4.69, 9.17) is 9.47 Å². The predicted octanol–water partition coefficient (Wildman–Crippen LogP) is 2.67. The number of imide groups is 1. The Morgan fingerprint density at radius 1 is 1.00 bits per heavy atom. The van der Waals surface area contributed by atoms with E-state index in [9.17, 15) is 19.2 Å². The van der Waals surface area contributed by atoms with Crippen LogP contribution in [0.2, 0.25) is 0 Å². The number of carbonyl (C=O) groups excluding carboxylic acids is 4. The number of methoxy groups -OCH3 is 1. The van der Waals surface area contributed by atoms with Gasteiger partial charge in [0.15, 0.2) is 0 Å². The fourth-order valence-electron chi connectivity index (χ4n) is 2.79. The highest BCUT2D eigenvalue weighted by atomic mass is 16.9. The second kappa shape index (κ2) is 8.59. The third-order valence-electron chi connectivity index (χ3n) is 4.47. The van der Waals surface area contributed by atoms with Crippen LogP contribution < -0.4 is 4.74 Å². The average molecular weight is 401 g/mol. The summed E-state index contributed by atoms with van der Waals surface area (Å²) in [5.74, 6) is -1.75. The van der Waals surface area contributed by atoms with E-state index in [1.807, 2.05) is 30.3 Å². The van der Waals surface area contributed by atoms with Gasteiger partial charge in [-0.1, -0.05) is 29.3 Å². The SMILES string of the molecule is COc1ccc2cc([C@H](C)C(=O)OCOC(=O)ON3C(=O)CCC3=O)ccc2c1. The Hall–Kier alpha value is -3.62. The van der Waals surface area contributed by atoms with Gasteiger partial charge < -0.3 is 14.2 Å². The summed E-state index contributed by atoms with van der Waals surface area (Å²) in [6, 6.07) is 11.1. The van der Waals surface area contributed by atoms with Crippen molar-refractivity contribution in [3.8, 4) is 5.75 Å². The molecular formula is C20H19NO8. The van der Waals surface area contributed by atoms with Crippen molar-refractivity contribution in [2.75, 3.05) is 13.9 Å². The van der Waals surface area contributed by atoms with Gasteiger partial charge in [0.25, 0.3) is 11.8 Å². The molecule has 1 atom stereocenters. The molecule has 2 amide bonds. The first kappa shape index (κ1) is 20.1. The molecule has 3 rings (SSSR count). The van der Waals surface area contributed by atoms with Crippen molar-refractivity contribution in [2.45, 2.75) is 25.7 Å². The minimum absolute atomic E-state index is 0.0306. The van der Waals surface area contributed by atoms with Gasteiger partial charge in [0, 0.05) is 12.8 Å². The number of hydrogen-bond acceptors (Lipinski definition) is 8. The first-order valence-corrected chi connectivity index (χ1v) is 8.84. The second-order valence-electron chi connectivity index (χ2n) is 6.34. The molecular weight excluding hydrogens is 382 g/mol. The summed E-state index contributed by atoms with van der Waals surface area (Å²) >= 11 is 0. The molecule has 1 saturated heterocycles. The highest BCUT2D eigenvalue weighted by Crippen LogP contribution is 2.25. The van der Waals surface area contributed by atoms with Crippen LogP contribution >= 0.6 is 0 Å². The Morgan fingerprint density at radius 2 is 1.66 bits per heavy atom. The summed E-state index contributed by atoms with van der Waals surface area (Å²) in [5, 5.41) is 2.24. The molecule has 1 fully saturated rings. The summed E-state index contributed by atoms with van der Waals surface area (Å²) in [7, 11) is 1.59. The van der Waals surface area contributed by atoms with Gasteiger partial charge in [0.1, 0.15) is 5.75 Å². The maximum Gasteiger partial charge on any atom is 0.536 e. The number of amides is 2. The van der Waals surface area contributed by atoms with Gasteiger partial charge in [-0.3, -0.25) is 19.2 Å². The summed E-state index contributed by atoms with van der Waals surface area (Å²) in [6.45, 7) is 0.954. The van der Waals surface area contributed by atoms with Crippen LogP contribution in [0.25, 0.3) is 10.8 Å². The van der Waals surface area contributed by atoms with Gasteiger partial charge in [-0.25, -0.2) is 4.79 Å².